The lowest BCUT2D eigenvalue weighted by Gasteiger charge is -2.28. The van der Waals surface area contributed by atoms with Crippen molar-refractivity contribution in [3.05, 3.63) is 179 Å². The van der Waals surface area contributed by atoms with E-state index in [0.717, 1.165) is 46.4 Å². The molecule has 0 bridgehead atoms. The van der Waals surface area contributed by atoms with Crippen molar-refractivity contribution >= 4 is 34.0 Å². The fraction of sp³-hybridized carbons (Fsp3) is 0.0526. The van der Waals surface area contributed by atoms with E-state index in [1.54, 1.807) is 12.2 Å². The number of aliphatic hydroxyl groups excluding tert-OH is 1. The molecule has 4 nitrogen and oxygen atoms in total. The van der Waals surface area contributed by atoms with Crippen LogP contribution in [0.2, 0.25) is 0 Å². The van der Waals surface area contributed by atoms with Gasteiger partial charge in [0.1, 0.15) is 5.76 Å². The first-order chi connectivity index (χ1) is 20.7. The van der Waals surface area contributed by atoms with Crippen LogP contribution in [0, 0.1) is 0 Å². The number of fused-ring (bicyclic) bond motifs is 2. The van der Waals surface area contributed by atoms with Crippen molar-refractivity contribution in [2.24, 2.45) is 0 Å². The van der Waals surface area contributed by atoms with Gasteiger partial charge >= 0.3 is 0 Å². The van der Waals surface area contributed by atoms with Crippen LogP contribution >= 0.6 is 0 Å². The van der Waals surface area contributed by atoms with E-state index in [1.165, 1.54) is 11.1 Å². The molecule has 1 aliphatic heterocycles. The van der Waals surface area contributed by atoms with Crippen LogP contribution in [-0.2, 0) is 17.9 Å². The summed E-state index contributed by atoms with van der Waals surface area (Å²) in [5.41, 5.74) is 8.07. The van der Waals surface area contributed by atoms with E-state index in [9.17, 15) is 9.90 Å². The largest absolute Gasteiger partial charge is 0.506 e. The standard InChI is InChI=1S/C38H28N2O2/c41-37-33(23-29-19-21-39(25-27-11-3-1-4-12-27)35-17-9-7-15-31(29)35)38(42)34(37)24-30-20-22-40(26-28-13-5-2-6-14-28)36-18-10-8-16-32(30)36/h1-24H,25-26H2/p+1. The second-order valence-electron chi connectivity index (χ2n) is 10.6. The van der Waals surface area contributed by atoms with E-state index < -0.39 is 0 Å². The zero-order valence-electron chi connectivity index (χ0n) is 23.0. The molecule has 0 radical (unpaired) electrons. The number of ketones is 1. The van der Waals surface area contributed by atoms with Crippen molar-refractivity contribution < 1.29 is 14.5 Å². The molecule has 4 aromatic carbocycles. The van der Waals surface area contributed by atoms with Gasteiger partial charge in [0.15, 0.2) is 12.7 Å². The van der Waals surface area contributed by atoms with Gasteiger partial charge in [-0.25, -0.2) is 0 Å². The maximum atomic E-state index is 13.3. The Morgan fingerprint density at radius 3 is 2.21 bits per heavy atom. The second kappa shape index (κ2) is 10.8. The van der Waals surface area contributed by atoms with Crippen LogP contribution in [0.3, 0.4) is 0 Å². The molecular formula is C38H29N2O2+. The van der Waals surface area contributed by atoms with Gasteiger partial charge in [0.05, 0.1) is 16.5 Å². The number of aliphatic hydroxyl groups is 1. The molecule has 0 spiro atoms. The normalized spacial score (nSPS) is 16.3. The van der Waals surface area contributed by atoms with Crippen LogP contribution < -0.4 is 9.47 Å². The van der Waals surface area contributed by atoms with E-state index in [0.29, 0.717) is 11.1 Å². The van der Waals surface area contributed by atoms with E-state index in [-0.39, 0.29) is 11.5 Å². The zero-order chi connectivity index (χ0) is 28.5. The quantitative estimate of drug-likeness (QED) is 0.177. The van der Waals surface area contributed by atoms with Gasteiger partial charge in [-0.15, -0.1) is 0 Å². The molecule has 2 aliphatic rings. The second-order valence-corrected chi connectivity index (χ2v) is 10.6. The van der Waals surface area contributed by atoms with Gasteiger partial charge in [0, 0.05) is 41.7 Å². The lowest BCUT2D eigenvalue weighted by atomic mass is 9.84. The Hall–Kier alpha value is -5.48. The number of hydrogen-bond donors (Lipinski definition) is 1. The molecule has 0 saturated carbocycles. The van der Waals surface area contributed by atoms with Gasteiger partial charge in [-0.2, -0.15) is 4.57 Å². The fourth-order valence-corrected chi connectivity index (χ4v) is 5.73. The third-order valence-electron chi connectivity index (χ3n) is 7.91. The molecule has 5 aromatic rings. The van der Waals surface area contributed by atoms with Crippen LogP contribution in [0.25, 0.3) is 22.6 Å². The third kappa shape index (κ3) is 4.73. The summed E-state index contributed by atoms with van der Waals surface area (Å²) in [6.07, 6.45) is 9.71. The Morgan fingerprint density at radius 2 is 1.43 bits per heavy atom. The number of aromatic nitrogens is 1. The molecular weight excluding hydrogens is 516 g/mol. The molecule has 0 saturated heterocycles. The number of carbonyl (C=O) groups is 1. The lowest BCUT2D eigenvalue weighted by molar-refractivity contribution is -0.662. The summed E-state index contributed by atoms with van der Waals surface area (Å²) in [4.78, 5) is 15.5. The van der Waals surface area contributed by atoms with Crippen LogP contribution in [0.15, 0.2) is 157 Å². The number of rotatable bonds is 6. The van der Waals surface area contributed by atoms with Crippen molar-refractivity contribution in [2.45, 2.75) is 13.1 Å². The van der Waals surface area contributed by atoms with Crippen molar-refractivity contribution in [1.82, 2.24) is 0 Å². The summed E-state index contributed by atoms with van der Waals surface area (Å²) in [6, 6.07) is 39.0. The number of pyridine rings is 1. The summed E-state index contributed by atoms with van der Waals surface area (Å²) >= 11 is 0. The highest BCUT2D eigenvalue weighted by Crippen LogP contribution is 2.38. The highest BCUT2D eigenvalue weighted by molar-refractivity contribution is 6.24. The molecule has 42 heavy (non-hydrogen) atoms. The molecule has 0 unspecified atom stereocenters. The van der Waals surface area contributed by atoms with Crippen molar-refractivity contribution in [1.29, 1.82) is 0 Å². The number of benzene rings is 4. The monoisotopic (exact) mass is 545 g/mol. The predicted molar refractivity (Wildman–Crippen MR) is 169 cm³/mol. The van der Waals surface area contributed by atoms with Crippen LogP contribution in [-0.4, -0.2) is 10.9 Å². The Morgan fingerprint density at radius 1 is 0.738 bits per heavy atom. The van der Waals surface area contributed by atoms with Crippen molar-refractivity contribution in [3.8, 4) is 0 Å². The number of allylic oxidation sites excluding steroid dienone is 5. The molecule has 202 valence electrons. The summed E-state index contributed by atoms with van der Waals surface area (Å²) in [5, 5.41) is 12.1. The van der Waals surface area contributed by atoms with Gasteiger partial charge < -0.3 is 10.0 Å². The third-order valence-corrected chi connectivity index (χ3v) is 7.91. The molecule has 7 rings (SSSR count). The maximum absolute atomic E-state index is 13.3. The SMILES string of the molecule is O=C1C(/C=C2/C=CN(Cc3ccccc3)c3ccccc32)=C(O)C/1=C/c1cc[n+](Cc2ccccc2)c2ccccc12. The fourth-order valence-electron chi connectivity index (χ4n) is 5.73. The minimum Gasteiger partial charge on any atom is -0.506 e. The average Bonchev–Trinajstić information content (AvgIpc) is 3.05. The first kappa shape index (κ1) is 25.5. The first-order valence-electron chi connectivity index (χ1n) is 14.1. The molecule has 1 aliphatic carbocycles. The van der Waals surface area contributed by atoms with E-state index >= 15 is 0 Å². The number of anilines is 1. The first-order valence-corrected chi connectivity index (χ1v) is 14.1. The Labute approximate surface area is 245 Å². The topological polar surface area (TPSA) is 44.4 Å². The molecule has 0 amide bonds. The van der Waals surface area contributed by atoms with Gasteiger partial charge in [0.25, 0.3) is 0 Å². The van der Waals surface area contributed by atoms with Crippen LogP contribution in [0.4, 0.5) is 5.69 Å². The summed E-state index contributed by atoms with van der Waals surface area (Å²) in [6.45, 7) is 1.50. The number of carbonyl (C=O) groups excluding carboxylic acids is 1. The summed E-state index contributed by atoms with van der Waals surface area (Å²) in [5.74, 6) is -0.113. The predicted octanol–water partition coefficient (Wildman–Crippen LogP) is 7.57. The maximum Gasteiger partial charge on any atom is 0.213 e. The zero-order valence-corrected chi connectivity index (χ0v) is 23.0. The van der Waals surface area contributed by atoms with E-state index in [4.69, 9.17) is 0 Å². The highest BCUT2D eigenvalue weighted by Gasteiger charge is 2.33. The lowest BCUT2D eigenvalue weighted by Crippen LogP contribution is -2.34. The Balaban J connectivity index is 1.20. The summed E-state index contributed by atoms with van der Waals surface area (Å²) < 4.78 is 2.20. The molecule has 0 fully saturated rings. The minimum atomic E-state index is -0.150. The number of Topliss-reactive ketones (excluding diaryl/α,β-unsaturated/α-hetero) is 1. The molecule has 0 atom stereocenters. The number of para-hydroxylation sites is 2. The smallest absolute Gasteiger partial charge is 0.213 e. The Kier molecular flexibility index (Phi) is 6.57. The number of hydrogen-bond acceptors (Lipinski definition) is 3. The number of nitrogens with zero attached hydrogens (tertiary/aromatic N) is 2. The molecule has 1 N–H and O–H groups in total. The molecule has 4 heteroatoms. The van der Waals surface area contributed by atoms with Gasteiger partial charge in [-0.1, -0.05) is 91.0 Å². The van der Waals surface area contributed by atoms with Gasteiger partial charge in [-0.3, -0.25) is 4.79 Å². The molecule has 1 aromatic heterocycles. The Bertz CT molecular complexity index is 1950. The minimum absolute atomic E-state index is 0.0372. The summed E-state index contributed by atoms with van der Waals surface area (Å²) in [7, 11) is 0. The van der Waals surface area contributed by atoms with Crippen molar-refractivity contribution in [3.63, 3.8) is 0 Å². The van der Waals surface area contributed by atoms with Crippen molar-refractivity contribution in [2.75, 3.05) is 4.90 Å². The van der Waals surface area contributed by atoms with E-state index in [2.05, 4.69) is 58.0 Å². The van der Waals surface area contributed by atoms with E-state index in [1.807, 2.05) is 85.2 Å². The van der Waals surface area contributed by atoms with Gasteiger partial charge in [0.2, 0.25) is 11.3 Å². The average molecular weight is 546 g/mol. The highest BCUT2D eigenvalue weighted by atomic mass is 16.3. The van der Waals surface area contributed by atoms with Crippen LogP contribution in [0.5, 0.6) is 0 Å². The van der Waals surface area contributed by atoms with Gasteiger partial charge in [-0.05, 0) is 47.1 Å². The molecule has 2 heterocycles. The van der Waals surface area contributed by atoms with Crippen LogP contribution in [0.1, 0.15) is 22.3 Å².